The molecule has 184 valence electrons. The van der Waals surface area contributed by atoms with Gasteiger partial charge in [-0.2, -0.15) is 0 Å². The first kappa shape index (κ1) is 22.0. The maximum Gasteiger partial charge on any atom is 0.237 e. The average molecular weight is 487 g/mol. The third-order valence-electron chi connectivity index (χ3n) is 6.44. The van der Waals surface area contributed by atoms with Crippen LogP contribution in [0, 0.1) is 0 Å². The Morgan fingerprint density at radius 3 is 2.92 bits per heavy atom. The summed E-state index contributed by atoms with van der Waals surface area (Å²) < 4.78 is 13.3. The van der Waals surface area contributed by atoms with Gasteiger partial charge in [0, 0.05) is 74.6 Å². The van der Waals surface area contributed by atoms with Crippen molar-refractivity contribution in [3.05, 3.63) is 49.1 Å². The van der Waals surface area contributed by atoms with E-state index in [0.717, 1.165) is 72.3 Å². The van der Waals surface area contributed by atoms with Crippen molar-refractivity contribution in [1.82, 2.24) is 19.4 Å². The van der Waals surface area contributed by atoms with E-state index < -0.39 is 0 Å². The summed E-state index contributed by atoms with van der Waals surface area (Å²) in [5.41, 5.74) is 5.85. The molecule has 2 aliphatic heterocycles. The lowest BCUT2D eigenvalue weighted by Crippen LogP contribution is -2.34. The van der Waals surface area contributed by atoms with Crippen molar-refractivity contribution in [1.29, 1.82) is 0 Å². The fourth-order valence-corrected chi connectivity index (χ4v) is 4.58. The van der Waals surface area contributed by atoms with Gasteiger partial charge in [-0.25, -0.2) is 15.0 Å². The van der Waals surface area contributed by atoms with Crippen LogP contribution in [0.1, 0.15) is 12.8 Å². The van der Waals surface area contributed by atoms with E-state index in [0.29, 0.717) is 24.0 Å². The van der Waals surface area contributed by atoms with Crippen molar-refractivity contribution in [3.8, 4) is 22.9 Å². The molecule has 3 N–H and O–H groups in total. The first-order chi connectivity index (χ1) is 17.7. The van der Waals surface area contributed by atoms with E-state index in [-0.39, 0.29) is 0 Å². The molecule has 0 aliphatic carbocycles. The molecule has 1 saturated heterocycles. The maximum atomic E-state index is 9.04. The first-order valence-electron chi connectivity index (χ1n) is 11.8. The highest BCUT2D eigenvalue weighted by atomic mass is 16.5. The summed E-state index contributed by atoms with van der Waals surface area (Å²) >= 11 is 0. The van der Waals surface area contributed by atoms with Crippen molar-refractivity contribution in [2.45, 2.75) is 12.8 Å². The minimum Gasteiger partial charge on any atom is -0.495 e. The molecule has 1 fully saturated rings. The van der Waals surface area contributed by atoms with Crippen LogP contribution in [0.2, 0.25) is 0 Å². The van der Waals surface area contributed by atoms with Gasteiger partial charge in [0.25, 0.3) is 0 Å². The molecule has 36 heavy (non-hydrogen) atoms. The van der Waals surface area contributed by atoms with Gasteiger partial charge in [-0.1, -0.05) is 5.16 Å². The topological polar surface area (TPSA) is 121 Å². The number of imidazole rings is 1. The molecule has 0 amide bonds. The van der Waals surface area contributed by atoms with Crippen LogP contribution in [-0.2, 0) is 0 Å². The number of pyridine rings is 1. The Balaban J connectivity index is 1.31. The summed E-state index contributed by atoms with van der Waals surface area (Å²) in [7, 11) is 1.67. The van der Waals surface area contributed by atoms with E-state index in [1.165, 1.54) is 0 Å². The summed E-state index contributed by atoms with van der Waals surface area (Å²) in [6.07, 6.45) is 8.80. The van der Waals surface area contributed by atoms with Gasteiger partial charge in [0.2, 0.25) is 5.88 Å². The number of methoxy groups -OCH3 is 1. The molecular formula is C25H26N8O3. The molecule has 0 unspecified atom stereocenters. The second-order valence-corrected chi connectivity index (χ2v) is 8.65. The normalized spacial score (nSPS) is 15.1. The predicted octanol–water partition coefficient (Wildman–Crippen LogP) is 3.78. The van der Waals surface area contributed by atoms with Gasteiger partial charge in [0.1, 0.15) is 12.4 Å². The van der Waals surface area contributed by atoms with E-state index in [2.05, 4.69) is 30.7 Å². The van der Waals surface area contributed by atoms with Gasteiger partial charge in [-0.3, -0.25) is 0 Å². The van der Waals surface area contributed by atoms with Gasteiger partial charge < -0.3 is 34.6 Å². The predicted molar refractivity (Wildman–Crippen MR) is 137 cm³/mol. The molecule has 0 atom stereocenters. The second-order valence-electron chi connectivity index (χ2n) is 8.65. The summed E-state index contributed by atoms with van der Waals surface area (Å²) in [4.78, 5) is 16.1. The fraction of sp³-hybridized carbons (Fsp3) is 0.280. The molecule has 11 heteroatoms. The number of anilines is 4. The van der Waals surface area contributed by atoms with E-state index in [1.54, 1.807) is 19.5 Å². The third kappa shape index (κ3) is 4.08. The van der Waals surface area contributed by atoms with Gasteiger partial charge in [0.05, 0.1) is 29.9 Å². The van der Waals surface area contributed by atoms with Crippen LogP contribution in [-0.4, -0.2) is 63.6 Å². The zero-order chi connectivity index (χ0) is 24.5. The van der Waals surface area contributed by atoms with Crippen molar-refractivity contribution >= 4 is 34.2 Å². The molecule has 5 heterocycles. The quantitative estimate of drug-likeness (QED) is 0.286. The van der Waals surface area contributed by atoms with Crippen molar-refractivity contribution in [2.24, 2.45) is 5.16 Å². The number of piperidine rings is 1. The Kier molecular flexibility index (Phi) is 5.64. The number of nitrogens with zero attached hydrogens (tertiary/aromatic N) is 6. The van der Waals surface area contributed by atoms with E-state index in [1.807, 2.05) is 41.1 Å². The lowest BCUT2D eigenvalue weighted by Gasteiger charge is -2.30. The van der Waals surface area contributed by atoms with Crippen LogP contribution < -0.4 is 25.0 Å². The van der Waals surface area contributed by atoms with Crippen molar-refractivity contribution in [3.63, 3.8) is 0 Å². The number of fused-ring (bicyclic) bond motifs is 2. The minimum atomic E-state index is 0.602. The highest BCUT2D eigenvalue weighted by molar-refractivity contribution is 5.86. The van der Waals surface area contributed by atoms with Crippen molar-refractivity contribution in [2.75, 3.05) is 48.9 Å². The summed E-state index contributed by atoms with van der Waals surface area (Å²) in [6.45, 7) is 2.89. The SMILES string of the molecule is COc1cc(Nc2nc(-c3cnc4c(c3)NCCO4)cn3ccnc23)ccc1N1CCC(=NO)CC1. The van der Waals surface area contributed by atoms with Gasteiger partial charge in [-0.15, -0.1) is 0 Å². The molecule has 3 aromatic heterocycles. The van der Waals surface area contributed by atoms with E-state index in [4.69, 9.17) is 19.7 Å². The Bertz CT molecular complexity index is 1440. The Morgan fingerprint density at radius 2 is 2.08 bits per heavy atom. The van der Waals surface area contributed by atoms with Crippen LogP contribution in [0.4, 0.5) is 22.9 Å². The summed E-state index contributed by atoms with van der Waals surface area (Å²) in [5.74, 6) is 1.98. The van der Waals surface area contributed by atoms with Crippen LogP contribution in [0.15, 0.2) is 54.2 Å². The smallest absolute Gasteiger partial charge is 0.237 e. The summed E-state index contributed by atoms with van der Waals surface area (Å²) in [6, 6.07) is 8.00. The number of ether oxygens (including phenoxy) is 2. The number of benzene rings is 1. The first-order valence-corrected chi connectivity index (χ1v) is 11.8. The fourth-order valence-electron chi connectivity index (χ4n) is 4.58. The number of nitrogens with one attached hydrogen (secondary N) is 2. The second kappa shape index (κ2) is 9.25. The van der Waals surface area contributed by atoms with Crippen LogP contribution >= 0.6 is 0 Å². The molecule has 1 aromatic carbocycles. The number of rotatable bonds is 5. The van der Waals surface area contributed by atoms with Gasteiger partial charge in [-0.05, 0) is 18.2 Å². The molecule has 0 spiro atoms. The third-order valence-corrected chi connectivity index (χ3v) is 6.44. The maximum absolute atomic E-state index is 9.04. The molecule has 0 saturated carbocycles. The molecular weight excluding hydrogens is 460 g/mol. The highest BCUT2D eigenvalue weighted by Crippen LogP contribution is 2.35. The lowest BCUT2D eigenvalue weighted by molar-refractivity contribution is 0.310. The monoisotopic (exact) mass is 486 g/mol. The molecule has 4 aromatic rings. The van der Waals surface area contributed by atoms with Gasteiger partial charge in [0.15, 0.2) is 11.5 Å². The molecule has 6 rings (SSSR count). The van der Waals surface area contributed by atoms with Crippen molar-refractivity contribution < 1.29 is 14.7 Å². The van der Waals surface area contributed by atoms with E-state index >= 15 is 0 Å². The number of hydrogen-bond acceptors (Lipinski definition) is 10. The number of oxime groups is 1. The largest absolute Gasteiger partial charge is 0.495 e. The number of hydrogen-bond donors (Lipinski definition) is 3. The Labute approximate surface area is 207 Å². The number of aromatic nitrogens is 4. The molecule has 2 aliphatic rings. The molecule has 0 radical (unpaired) electrons. The lowest BCUT2D eigenvalue weighted by atomic mass is 10.1. The van der Waals surface area contributed by atoms with Gasteiger partial charge >= 0.3 is 0 Å². The summed E-state index contributed by atoms with van der Waals surface area (Å²) in [5, 5.41) is 19.2. The van der Waals surface area contributed by atoms with E-state index in [9.17, 15) is 0 Å². The average Bonchev–Trinajstić information content (AvgIpc) is 3.42. The standard InChI is InChI=1S/C25H26N8O3/c1-35-22-13-18(2-3-21(22)32-8-4-17(31-34)5-9-32)29-23-24-27-6-10-33(24)15-20(30-23)16-12-19-25(28-14-16)36-11-7-26-19/h2-3,6,10,12-15,26,34H,4-5,7-9,11H2,1H3,(H,29,30). The highest BCUT2D eigenvalue weighted by Gasteiger charge is 2.20. The molecule has 0 bridgehead atoms. The van der Waals surface area contributed by atoms with Crippen LogP contribution in [0.5, 0.6) is 11.6 Å². The Morgan fingerprint density at radius 1 is 1.19 bits per heavy atom. The Hall–Kier alpha value is -4.54. The minimum absolute atomic E-state index is 0.602. The molecule has 11 nitrogen and oxygen atoms in total. The zero-order valence-corrected chi connectivity index (χ0v) is 19.8. The zero-order valence-electron chi connectivity index (χ0n) is 19.8. The van der Waals surface area contributed by atoms with Crippen LogP contribution in [0.25, 0.3) is 16.9 Å². The van der Waals surface area contributed by atoms with Crippen LogP contribution in [0.3, 0.4) is 0 Å².